The molecule has 4 nitrogen and oxygen atoms in total. The van der Waals surface area contributed by atoms with Gasteiger partial charge in [-0.15, -0.1) is 0 Å². The molecule has 0 saturated carbocycles. The summed E-state index contributed by atoms with van der Waals surface area (Å²) >= 11 is 0. The molecule has 4 heteroatoms. The SMILES string of the molecule is Cc1cc(C)n(N=Cc2cccc(OCc3ccccc3)c2)c(=O)c1. The number of benzene rings is 2. The maximum Gasteiger partial charge on any atom is 0.271 e. The van der Waals surface area contributed by atoms with Crippen molar-refractivity contribution < 1.29 is 4.74 Å². The molecule has 0 unspecified atom stereocenters. The molecule has 0 amide bonds. The fraction of sp³-hybridized carbons (Fsp3) is 0.143. The van der Waals surface area contributed by atoms with E-state index in [2.05, 4.69) is 5.10 Å². The summed E-state index contributed by atoms with van der Waals surface area (Å²) < 4.78 is 7.21. The van der Waals surface area contributed by atoms with Crippen LogP contribution in [0, 0.1) is 13.8 Å². The Balaban J connectivity index is 1.75. The standard InChI is InChI=1S/C21H20N2O2/c1-16-11-17(2)23(21(24)12-16)22-14-19-9-6-10-20(13-19)25-15-18-7-4-3-5-8-18/h3-14H,15H2,1-2H3. The molecule has 126 valence electrons. The summed E-state index contributed by atoms with van der Waals surface area (Å²) in [6.07, 6.45) is 1.67. The van der Waals surface area contributed by atoms with Crippen LogP contribution in [0.25, 0.3) is 0 Å². The van der Waals surface area contributed by atoms with Gasteiger partial charge in [-0.1, -0.05) is 42.5 Å². The Labute approximate surface area is 147 Å². The van der Waals surface area contributed by atoms with Crippen molar-refractivity contribution >= 4 is 6.21 Å². The highest BCUT2D eigenvalue weighted by Gasteiger charge is 2.00. The molecule has 0 aliphatic heterocycles. The van der Waals surface area contributed by atoms with Gasteiger partial charge in [0.05, 0.1) is 6.21 Å². The summed E-state index contributed by atoms with van der Waals surface area (Å²) in [7, 11) is 0. The molecule has 3 aromatic rings. The van der Waals surface area contributed by atoms with E-state index in [1.165, 1.54) is 4.68 Å². The molecule has 0 aliphatic rings. The van der Waals surface area contributed by atoms with Crippen LogP contribution < -0.4 is 10.3 Å². The number of pyridine rings is 1. The van der Waals surface area contributed by atoms with Crippen LogP contribution in [0.3, 0.4) is 0 Å². The molecule has 0 aliphatic carbocycles. The first-order valence-corrected chi connectivity index (χ1v) is 8.13. The minimum Gasteiger partial charge on any atom is -0.489 e. The first-order valence-electron chi connectivity index (χ1n) is 8.13. The van der Waals surface area contributed by atoms with E-state index in [1.807, 2.05) is 74.5 Å². The van der Waals surface area contributed by atoms with E-state index in [-0.39, 0.29) is 5.56 Å². The molecule has 3 rings (SSSR count). The molecule has 0 fully saturated rings. The Bertz CT molecular complexity index is 944. The largest absolute Gasteiger partial charge is 0.489 e. The van der Waals surface area contributed by atoms with Gasteiger partial charge in [-0.25, -0.2) is 4.68 Å². The van der Waals surface area contributed by atoms with Crippen molar-refractivity contribution in [1.82, 2.24) is 4.68 Å². The van der Waals surface area contributed by atoms with Gasteiger partial charge in [0.15, 0.2) is 0 Å². The molecule has 1 aromatic heterocycles. The first-order chi connectivity index (χ1) is 12.1. The normalized spacial score (nSPS) is 11.0. The van der Waals surface area contributed by atoms with Gasteiger partial charge >= 0.3 is 0 Å². The molecule has 0 bridgehead atoms. The van der Waals surface area contributed by atoms with Gasteiger partial charge in [-0.3, -0.25) is 4.79 Å². The monoisotopic (exact) mass is 332 g/mol. The van der Waals surface area contributed by atoms with Gasteiger partial charge in [-0.05, 0) is 48.7 Å². The Morgan fingerprint density at radius 2 is 1.80 bits per heavy atom. The van der Waals surface area contributed by atoms with Crippen molar-refractivity contribution in [2.24, 2.45) is 5.10 Å². The fourth-order valence-electron chi connectivity index (χ4n) is 2.56. The summed E-state index contributed by atoms with van der Waals surface area (Å²) in [5.74, 6) is 0.765. The molecule has 2 aromatic carbocycles. The van der Waals surface area contributed by atoms with Crippen molar-refractivity contribution in [3.8, 4) is 5.75 Å². The first kappa shape index (κ1) is 16.7. The molecule has 0 spiro atoms. The van der Waals surface area contributed by atoms with Gasteiger partial charge in [0.1, 0.15) is 12.4 Å². The van der Waals surface area contributed by atoms with Crippen LogP contribution in [0.5, 0.6) is 5.75 Å². The zero-order valence-corrected chi connectivity index (χ0v) is 14.3. The van der Waals surface area contributed by atoms with Crippen LogP contribution in [0.2, 0.25) is 0 Å². The summed E-state index contributed by atoms with van der Waals surface area (Å²) in [6.45, 7) is 4.28. The van der Waals surface area contributed by atoms with Crippen LogP contribution in [-0.4, -0.2) is 10.9 Å². The minimum absolute atomic E-state index is 0.134. The van der Waals surface area contributed by atoms with Crippen molar-refractivity contribution in [2.45, 2.75) is 20.5 Å². The van der Waals surface area contributed by atoms with E-state index in [1.54, 1.807) is 12.3 Å². The van der Waals surface area contributed by atoms with Crippen LogP contribution in [0.15, 0.2) is 76.6 Å². The summed E-state index contributed by atoms with van der Waals surface area (Å²) in [4.78, 5) is 12.0. The Morgan fingerprint density at radius 1 is 1.00 bits per heavy atom. The van der Waals surface area contributed by atoms with Crippen molar-refractivity contribution in [3.63, 3.8) is 0 Å². The van der Waals surface area contributed by atoms with Crippen LogP contribution in [0.4, 0.5) is 0 Å². The Kier molecular flexibility index (Phi) is 5.09. The van der Waals surface area contributed by atoms with E-state index >= 15 is 0 Å². The Morgan fingerprint density at radius 3 is 2.56 bits per heavy atom. The second-order valence-electron chi connectivity index (χ2n) is 5.92. The predicted octanol–water partition coefficient (Wildman–Crippen LogP) is 3.93. The molecule has 0 atom stereocenters. The number of aryl methyl sites for hydroxylation is 2. The van der Waals surface area contributed by atoms with E-state index in [0.717, 1.165) is 28.1 Å². The van der Waals surface area contributed by atoms with Gasteiger partial charge < -0.3 is 4.74 Å². The lowest BCUT2D eigenvalue weighted by Gasteiger charge is -2.07. The number of hydrogen-bond acceptors (Lipinski definition) is 3. The topological polar surface area (TPSA) is 43.6 Å². The molecular formula is C21H20N2O2. The Hall–Kier alpha value is -3.14. The van der Waals surface area contributed by atoms with Gasteiger partial charge in [0.2, 0.25) is 0 Å². The van der Waals surface area contributed by atoms with E-state index in [4.69, 9.17) is 4.74 Å². The highest BCUT2D eigenvalue weighted by Crippen LogP contribution is 2.14. The molecule has 0 saturated heterocycles. The third kappa shape index (κ3) is 4.44. The molecule has 1 heterocycles. The van der Waals surface area contributed by atoms with Gasteiger partial charge in [-0.2, -0.15) is 5.10 Å². The van der Waals surface area contributed by atoms with E-state index in [9.17, 15) is 4.79 Å². The van der Waals surface area contributed by atoms with E-state index in [0.29, 0.717) is 6.61 Å². The minimum atomic E-state index is -0.134. The third-order valence-electron chi connectivity index (χ3n) is 3.76. The van der Waals surface area contributed by atoms with Gasteiger partial charge in [0, 0.05) is 11.8 Å². The molecule has 25 heavy (non-hydrogen) atoms. The maximum absolute atomic E-state index is 12.0. The molecular weight excluding hydrogens is 312 g/mol. The lowest BCUT2D eigenvalue weighted by atomic mass is 10.2. The second kappa shape index (κ2) is 7.62. The predicted molar refractivity (Wildman–Crippen MR) is 100 cm³/mol. The summed E-state index contributed by atoms with van der Waals surface area (Å²) in [5.41, 5.74) is 3.59. The van der Waals surface area contributed by atoms with Crippen LogP contribution in [0.1, 0.15) is 22.4 Å². The highest BCUT2D eigenvalue weighted by atomic mass is 16.5. The third-order valence-corrected chi connectivity index (χ3v) is 3.76. The van der Waals surface area contributed by atoms with Crippen LogP contribution in [-0.2, 0) is 6.61 Å². The average molecular weight is 332 g/mol. The number of rotatable bonds is 5. The van der Waals surface area contributed by atoms with Crippen molar-refractivity contribution in [3.05, 3.63) is 99.5 Å². The smallest absolute Gasteiger partial charge is 0.271 e. The maximum atomic E-state index is 12.0. The number of ether oxygens (including phenoxy) is 1. The number of nitrogens with zero attached hydrogens (tertiary/aromatic N) is 2. The summed E-state index contributed by atoms with van der Waals surface area (Å²) in [5, 5.41) is 4.30. The quantitative estimate of drug-likeness (QED) is 0.665. The second-order valence-corrected chi connectivity index (χ2v) is 5.92. The molecule has 0 radical (unpaired) electrons. The van der Waals surface area contributed by atoms with Gasteiger partial charge in [0.25, 0.3) is 5.56 Å². The van der Waals surface area contributed by atoms with E-state index < -0.39 is 0 Å². The summed E-state index contributed by atoms with van der Waals surface area (Å²) in [6, 6.07) is 21.2. The lowest BCUT2D eigenvalue weighted by Crippen LogP contribution is -2.18. The number of hydrogen-bond donors (Lipinski definition) is 0. The lowest BCUT2D eigenvalue weighted by molar-refractivity contribution is 0.306. The average Bonchev–Trinajstić information content (AvgIpc) is 2.60. The van der Waals surface area contributed by atoms with Crippen molar-refractivity contribution in [1.29, 1.82) is 0 Å². The molecule has 0 N–H and O–H groups in total. The van der Waals surface area contributed by atoms with Crippen LogP contribution >= 0.6 is 0 Å². The fourth-order valence-corrected chi connectivity index (χ4v) is 2.56. The zero-order valence-electron chi connectivity index (χ0n) is 14.3. The zero-order chi connectivity index (χ0) is 17.6. The van der Waals surface area contributed by atoms with Crippen molar-refractivity contribution in [2.75, 3.05) is 0 Å². The number of aromatic nitrogens is 1. The highest BCUT2D eigenvalue weighted by molar-refractivity contribution is 5.80.